The van der Waals surface area contributed by atoms with Crippen molar-refractivity contribution < 1.29 is 14.3 Å². The minimum Gasteiger partial charge on any atom is -0.449 e. The summed E-state index contributed by atoms with van der Waals surface area (Å²) in [6.07, 6.45) is 1.41. The molecule has 1 fully saturated rings. The molecule has 1 saturated heterocycles. The molecule has 0 aliphatic carbocycles. The zero-order valence-electron chi connectivity index (χ0n) is 13.5. The third-order valence-electron chi connectivity index (χ3n) is 4.00. The third kappa shape index (κ3) is 3.59. The van der Waals surface area contributed by atoms with Crippen molar-refractivity contribution in [3.05, 3.63) is 53.7 Å². The predicted molar refractivity (Wildman–Crippen MR) is 89.1 cm³/mol. The number of hydrogen-bond acceptors (Lipinski definition) is 6. The first-order valence-electron chi connectivity index (χ1n) is 8.04. The molecule has 1 aliphatic heterocycles. The van der Waals surface area contributed by atoms with E-state index in [4.69, 9.17) is 4.74 Å². The van der Waals surface area contributed by atoms with E-state index in [0.717, 1.165) is 31.7 Å². The van der Waals surface area contributed by atoms with Gasteiger partial charge in [0.25, 0.3) is 0 Å². The lowest BCUT2D eigenvalue weighted by atomic mass is 10.1. The highest BCUT2D eigenvalue weighted by molar-refractivity contribution is 6.01. The lowest BCUT2D eigenvalue weighted by Crippen LogP contribution is -2.25. The van der Waals surface area contributed by atoms with Crippen molar-refractivity contribution in [2.24, 2.45) is 0 Å². The molecule has 1 unspecified atom stereocenters. The first kappa shape index (κ1) is 16.1. The lowest BCUT2D eigenvalue weighted by Gasteiger charge is -2.15. The molecule has 3 rings (SSSR count). The molecule has 2 heterocycles. The molecule has 0 amide bonds. The Morgan fingerprint density at radius 2 is 1.75 bits per heavy atom. The van der Waals surface area contributed by atoms with E-state index in [9.17, 15) is 9.59 Å². The molecule has 1 aliphatic rings. The van der Waals surface area contributed by atoms with E-state index in [1.165, 1.54) is 0 Å². The number of benzene rings is 1. The number of anilines is 1. The van der Waals surface area contributed by atoms with Gasteiger partial charge in [0, 0.05) is 18.7 Å². The average Bonchev–Trinajstić information content (AvgIpc) is 3.16. The highest BCUT2D eigenvalue weighted by atomic mass is 16.5. The molecule has 1 atom stereocenters. The number of hydrogen-bond donors (Lipinski definition) is 0. The van der Waals surface area contributed by atoms with Crippen LogP contribution in [-0.4, -0.2) is 41.1 Å². The van der Waals surface area contributed by atoms with Crippen molar-refractivity contribution in [2.75, 3.05) is 18.0 Å². The Labute approximate surface area is 140 Å². The normalized spacial score (nSPS) is 15.1. The summed E-state index contributed by atoms with van der Waals surface area (Å²) in [4.78, 5) is 26.5. The minimum atomic E-state index is -0.875. The molecule has 1 aromatic heterocycles. The van der Waals surface area contributed by atoms with Gasteiger partial charge in [-0.2, -0.15) is 0 Å². The fourth-order valence-electron chi connectivity index (χ4n) is 2.66. The van der Waals surface area contributed by atoms with Crippen LogP contribution in [0.2, 0.25) is 0 Å². The highest BCUT2D eigenvalue weighted by Gasteiger charge is 2.22. The summed E-state index contributed by atoms with van der Waals surface area (Å²) in [6, 6.07) is 12.1. The number of esters is 1. The van der Waals surface area contributed by atoms with Gasteiger partial charge in [0.2, 0.25) is 5.78 Å². The highest BCUT2D eigenvalue weighted by Crippen LogP contribution is 2.17. The van der Waals surface area contributed by atoms with Crippen LogP contribution in [0, 0.1) is 0 Å². The summed E-state index contributed by atoms with van der Waals surface area (Å²) in [7, 11) is 0. The molecular formula is C18H19N3O3. The molecule has 1 aromatic carbocycles. The minimum absolute atomic E-state index is 0.102. The van der Waals surface area contributed by atoms with E-state index in [1.807, 2.05) is 6.07 Å². The van der Waals surface area contributed by atoms with Gasteiger partial charge in [-0.25, -0.2) is 4.79 Å². The van der Waals surface area contributed by atoms with Gasteiger partial charge in [0.05, 0.1) is 0 Å². The number of ether oxygens (including phenoxy) is 1. The van der Waals surface area contributed by atoms with Crippen LogP contribution in [0.25, 0.3) is 0 Å². The van der Waals surface area contributed by atoms with Crippen molar-refractivity contribution in [1.29, 1.82) is 0 Å². The number of aromatic nitrogens is 2. The smallest absolute Gasteiger partial charge is 0.359 e. The van der Waals surface area contributed by atoms with Gasteiger partial charge in [-0.3, -0.25) is 4.79 Å². The molecule has 0 spiro atoms. The van der Waals surface area contributed by atoms with Crippen LogP contribution in [0.15, 0.2) is 42.5 Å². The van der Waals surface area contributed by atoms with E-state index in [2.05, 4.69) is 15.1 Å². The maximum Gasteiger partial charge on any atom is 0.359 e. The quantitative estimate of drug-likeness (QED) is 0.621. The van der Waals surface area contributed by atoms with Crippen molar-refractivity contribution in [3.8, 4) is 0 Å². The number of ketones is 1. The molecular weight excluding hydrogens is 306 g/mol. The van der Waals surface area contributed by atoms with Crippen molar-refractivity contribution in [3.63, 3.8) is 0 Å². The molecule has 0 radical (unpaired) electrons. The molecule has 0 bridgehead atoms. The van der Waals surface area contributed by atoms with E-state index in [-0.39, 0.29) is 11.5 Å². The largest absolute Gasteiger partial charge is 0.449 e. The summed E-state index contributed by atoms with van der Waals surface area (Å²) in [5.41, 5.74) is 0.610. The Balaban J connectivity index is 1.62. The van der Waals surface area contributed by atoms with Crippen molar-refractivity contribution in [1.82, 2.24) is 10.2 Å². The van der Waals surface area contributed by atoms with Gasteiger partial charge in [0.1, 0.15) is 0 Å². The van der Waals surface area contributed by atoms with Crippen LogP contribution in [0.1, 0.15) is 40.6 Å². The van der Waals surface area contributed by atoms with Crippen molar-refractivity contribution >= 4 is 17.6 Å². The van der Waals surface area contributed by atoms with Gasteiger partial charge in [-0.1, -0.05) is 30.3 Å². The first-order valence-corrected chi connectivity index (χ1v) is 8.04. The Morgan fingerprint density at radius 3 is 2.38 bits per heavy atom. The van der Waals surface area contributed by atoms with Gasteiger partial charge in [-0.05, 0) is 31.9 Å². The van der Waals surface area contributed by atoms with Crippen LogP contribution < -0.4 is 4.90 Å². The van der Waals surface area contributed by atoms with Gasteiger partial charge in [-0.15, -0.1) is 10.2 Å². The van der Waals surface area contributed by atoms with E-state index < -0.39 is 12.1 Å². The van der Waals surface area contributed by atoms with E-state index in [1.54, 1.807) is 43.3 Å². The van der Waals surface area contributed by atoms with Crippen molar-refractivity contribution in [2.45, 2.75) is 25.9 Å². The topological polar surface area (TPSA) is 72.4 Å². The van der Waals surface area contributed by atoms with Gasteiger partial charge in [0.15, 0.2) is 17.6 Å². The zero-order valence-corrected chi connectivity index (χ0v) is 13.5. The number of carbonyl (C=O) groups is 2. The molecule has 6 nitrogen and oxygen atoms in total. The van der Waals surface area contributed by atoms with Gasteiger partial charge >= 0.3 is 5.97 Å². The zero-order chi connectivity index (χ0) is 16.9. The van der Waals surface area contributed by atoms with E-state index >= 15 is 0 Å². The fourth-order valence-corrected chi connectivity index (χ4v) is 2.66. The molecule has 0 saturated carbocycles. The molecule has 124 valence electrons. The fraction of sp³-hybridized carbons (Fsp3) is 0.333. The predicted octanol–water partition coefficient (Wildman–Crippen LogP) is 2.51. The third-order valence-corrected chi connectivity index (χ3v) is 4.00. The standard InChI is InChI=1S/C18H19N3O3/c1-13(17(22)14-7-3-2-4-8-14)24-18(23)15-9-10-16(20-19-15)21-11-5-6-12-21/h2-4,7-10,13H,5-6,11-12H2,1H3. The number of Topliss-reactive ketones (excluding diaryl/α,β-unsaturated/α-hetero) is 1. The maximum atomic E-state index is 12.2. The van der Waals surface area contributed by atoms with Crippen LogP contribution in [0.5, 0.6) is 0 Å². The van der Waals surface area contributed by atoms with Crippen LogP contribution in [0.4, 0.5) is 5.82 Å². The Morgan fingerprint density at radius 1 is 1.04 bits per heavy atom. The molecule has 24 heavy (non-hydrogen) atoms. The summed E-state index contributed by atoms with van der Waals surface area (Å²) in [6.45, 7) is 3.47. The summed E-state index contributed by atoms with van der Waals surface area (Å²) in [5, 5.41) is 8.01. The summed E-state index contributed by atoms with van der Waals surface area (Å²) >= 11 is 0. The Hall–Kier alpha value is -2.76. The lowest BCUT2D eigenvalue weighted by molar-refractivity contribution is 0.0312. The first-order chi connectivity index (χ1) is 11.6. The second-order valence-corrected chi connectivity index (χ2v) is 5.75. The van der Waals surface area contributed by atoms with Crippen LogP contribution in [0.3, 0.4) is 0 Å². The number of nitrogens with zero attached hydrogens (tertiary/aromatic N) is 3. The SMILES string of the molecule is CC(OC(=O)c1ccc(N2CCCC2)nn1)C(=O)c1ccccc1. The van der Waals surface area contributed by atoms with Crippen LogP contribution >= 0.6 is 0 Å². The molecule has 6 heteroatoms. The monoisotopic (exact) mass is 325 g/mol. The maximum absolute atomic E-state index is 12.2. The van der Waals surface area contributed by atoms with E-state index in [0.29, 0.717) is 5.56 Å². The molecule has 0 N–H and O–H groups in total. The second kappa shape index (κ2) is 7.21. The Kier molecular flexibility index (Phi) is 4.84. The second-order valence-electron chi connectivity index (χ2n) is 5.75. The Bertz CT molecular complexity index is 710. The summed E-state index contributed by atoms with van der Waals surface area (Å²) in [5.74, 6) is -0.129. The summed E-state index contributed by atoms with van der Waals surface area (Å²) < 4.78 is 5.21. The number of carbonyl (C=O) groups excluding carboxylic acids is 2. The van der Waals surface area contributed by atoms with Gasteiger partial charge < -0.3 is 9.64 Å². The molecule has 2 aromatic rings. The van der Waals surface area contributed by atoms with Crippen LogP contribution in [-0.2, 0) is 4.74 Å². The average molecular weight is 325 g/mol. The number of rotatable bonds is 5.